The molecule has 24 heavy (non-hydrogen) atoms. The van der Waals surface area contributed by atoms with Gasteiger partial charge in [-0.1, -0.05) is 24.3 Å². The zero-order chi connectivity index (χ0) is 16.8. The highest BCUT2D eigenvalue weighted by Crippen LogP contribution is 2.34. The molecule has 0 saturated carbocycles. The lowest BCUT2D eigenvalue weighted by atomic mass is 10.0. The Morgan fingerprint density at radius 2 is 1.79 bits per heavy atom. The lowest BCUT2D eigenvalue weighted by Gasteiger charge is -2.06. The number of nitrogens with zero attached hydrogens (tertiary/aromatic N) is 2. The summed E-state index contributed by atoms with van der Waals surface area (Å²) in [5.74, 6) is 0. The first-order valence-corrected chi connectivity index (χ1v) is 8.76. The van der Waals surface area contributed by atoms with Gasteiger partial charge in [0, 0.05) is 22.3 Å². The molecule has 0 aliphatic rings. The number of benzene rings is 2. The molecule has 2 aromatic carbocycles. The van der Waals surface area contributed by atoms with E-state index in [1.54, 1.807) is 11.3 Å². The Bertz CT molecular complexity index is 1060. The van der Waals surface area contributed by atoms with Crippen LogP contribution < -0.4 is 5.73 Å². The van der Waals surface area contributed by atoms with Crippen molar-refractivity contribution in [1.29, 1.82) is 0 Å². The summed E-state index contributed by atoms with van der Waals surface area (Å²) in [4.78, 5) is 7.09. The summed E-state index contributed by atoms with van der Waals surface area (Å²) in [5, 5.41) is 0. The molecule has 4 rings (SSSR count). The van der Waals surface area contributed by atoms with Gasteiger partial charge in [-0.05, 0) is 55.7 Å². The summed E-state index contributed by atoms with van der Waals surface area (Å²) >= 11 is 1.72. The van der Waals surface area contributed by atoms with Crippen LogP contribution in [0.4, 0.5) is 5.69 Å². The van der Waals surface area contributed by atoms with Crippen LogP contribution in [0.15, 0.2) is 48.7 Å². The molecule has 2 heterocycles. The molecule has 0 amide bonds. The van der Waals surface area contributed by atoms with Gasteiger partial charge < -0.3 is 5.73 Å². The van der Waals surface area contributed by atoms with Crippen molar-refractivity contribution < 1.29 is 0 Å². The average Bonchev–Trinajstić information content (AvgIpc) is 3.07. The zero-order valence-corrected chi connectivity index (χ0v) is 14.8. The van der Waals surface area contributed by atoms with Crippen LogP contribution in [-0.4, -0.2) is 9.38 Å². The topological polar surface area (TPSA) is 43.3 Å². The summed E-state index contributed by atoms with van der Waals surface area (Å²) in [5.41, 5.74) is 13.8. The molecular weight excluding hydrogens is 314 g/mol. The van der Waals surface area contributed by atoms with Crippen molar-refractivity contribution >= 4 is 22.0 Å². The van der Waals surface area contributed by atoms with Crippen LogP contribution in [0.1, 0.15) is 16.0 Å². The van der Waals surface area contributed by atoms with E-state index < -0.39 is 0 Å². The fraction of sp³-hybridized carbons (Fsp3) is 0.150. The number of anilines is 1. The summed E-state index contributed by atoms with van der Waals surface area (Å²) in [7, 11) is 0. The Balaban J connectivity index is 1.90. The minimum absolute atomic E-state index is 0.759. The molecule has 0 saturated heterocycles. The first-order valence-electron chi connectivity index (χ1n) is 7.95. The number of nitrogen functional groups attached to an aromatic ring is 1. The Labute approximate surface area is 145 Å². The van der Waals surface area contributed by atoms with E-state index in [-0.39, 0.29) is 0 Å². The highest BCUT2D eigenvalue weighted by atomic mass is 32.1. The molecule has 2 N–H and O–H groups in total. The summed E-state index contributed by atoms with van der Waals surface area (Å²) in [6.45, 7) is 6.46. The van der Waals surface area contributed by atoms with Gasteiger partial charge in [-0.25, -0.2) is 4.98 Å². The molecule has 0 spiro atoms. The van der Waals surface area contributed by atoms with Crippen LogP contribution in [0, 0.1) is 20.8 Å². The second kappa shape index (κ2) is 5.49. The number of hydrogen-bond donors (Lipinski definition) is 1. The third-order valence-electron chi connectivity index (χ3n) is 4.46. The smallest absolute Gasteiger partial charge is 0.194 e. The minimum Gasteiger partial charge on any atom is -0.399 e. The number of fused-ring (bicyclic) bond motifs is 1. The Morgan fingerprint density at radius 1 is 0.958 bits per heavy atom. The molecule has 0 aliphatic heterocycles. The van der Waals surface area contributed by atoms with Crippen LogP contribution in [-0.2, 0) is 0 Å². The number of aromatic nitrogens is 2. The number of rotatable bonds is 2. The van der Waals surface area contributed by atoms with Crippen molar-refractivity contribution in [1.82, 2.24) is 9.38 Å². The molecule has 0 aliphatic carbocycles. The second-order valence-corrected chi connectivity index (χ2v) is 7.39. The quantitative estimate of drug-likeness (QED) is 0.510. The molecule has 120 valence electrons. The molecule has 0 fully saturated rings. The average molecular weight is 333 g/mol. The van der Waals surface area contributed by atoms with E-state index in [2.05, 4.69) is 49.6 Å². The molecule has 0 radical (unpaired) electrons. The summed E-state index contributed by atoms with van der Waals surface area (Å²) in [6, 6.07) is 14.5. The van der Waals surface area contributed by atoms with Crippen molar-refractivity contribution in [3.05, 3.63) is 64.7 Å². The maximum absolute atomic E-state index is 5.91. The lowest BCUT2D eigenvalue weighted by Crippen LogP contribution is -1.89. The minimum atomic E-state index is 0.759. The predicted molar refractivity (Wildman–Crippen MR) is 103 cm³/mol. The SMILES string of the molecule is Cc1ccc(-c2c(C)sc3nc(-c4cccc(N)c4)cn23)cc1C. The first kappa shape index (κ1) is 15.0. The molecule has 4 heteroatoms. The predicted octanol–water partition coefficient (Wildman–Crippen LogP) is 5.24. The van der Waals surface area contributed by atoms with Crippen LogP contribution >= 0.6 is 11.3 Å². The first-order chi connectivity index (χ1) is 11.5. The Morgan fingerprint density at radius 3 is 2.54 bits per heavy atom. The second-order valence-electron chi connectivity index (χ2n) is 6.21. The van der Waals surface area contributed by atoms with E-state index in [1.165, 1.54) is 27.3 Å². The highest BCUT2D eigenvalue weighted by Gasteiger charge is 2.15. The van der Waals surface area contributed by atoms with E-state index in [9.17, 15) is 0 Å². The number of thiazole rings is 1. The normalized spacial score (nSPS) is 11.3. The molecule has 0 unspecified atom stereocenters. The maximum atomic E-state index is 5.91. The fourth-order valence-corrected chi connectivity index (χ4v) is 3.99. The van der Waals surface area contributed by atoms with Crippen molar-refractivity contribution in [2.45, 2.75) is 20.8 Å². The van der Waals surface area contributed by atoms with Crippen molar-refractivity contribution in [3.8, 4) is 22.5 Å². The van der Waals surface area contributed by atoms with Gasteiger partial charge in [-0.2, -0.15) is 0 Å². The van der Waals surface area contributed by atoms with E-state index in [1.807, 2.05) is 24.3 Å². The Hall–Kier alpha value is -2.59. The van der Waals surface area contributed by atoms with Gasteiger partial charge in [0.1, 0.15) is 0 Å². The molecule has 0 bridgehead atoms. The van der Waals surface area contributed by atoms with Gasteiger partial charge in [0.25, 0.3) is 0 Å². The summed E-state index contributed by atoms with van der Waals surface area (Å²) < 4.78 is 2.20. The number of imidazole rings is 1. The van der Waals surface area contributed by atoms with Gasteiger partial charge in [-0.3, -0.25) is 4.40 Å². The molecule has 3 nitrogen and oxygen atoms in total. The van der Waals surface area contributed by atoms with E-state index in [4.69, 9.17) is 10.7 Å². The molecule has 0 atom stereocenters. The zero-order valence-electron chi connectivity index (χ0n) is 14.0. The molecule has 2 aromatic heterocycles. The van der Waals surface area contributed by atoms with E-state index >= 15 is 0 Å². The Kier molecular flexibility index (Phi) is 3.43. The third kappa shape index (κ3) is 2.39. The standard InChI is InChI=1S/C20H19N3S/c1-12-7-8-16(9-13(12)2)19-14(3)24-20-22-18(11-23(19)20)15-5-4-6-17(21)10-15/h4-11H,21H2,1-3H3. The number of hydrogen-bond acceptors (Lipinski definition) is 3. The monoisotopic (exact) mass is 333 g/mol. The number of aryl methyl sites for hydroxylation is 3. The molecular formula is C20H19N3S. The third-order valence-corrected chi connectivity index (χ3v) is 5.43. The van der Waals surface area contributed by atoms with Crippen molar-refractivity contribution in [2.75, 3.05) is 5.73 Å². The fourth-order valence-electron chi connectivity index (χ4n) is 3.02. The highest BCUT2D eigenvalue weighted by molar-refractivity contribution is 7.17. The lowest BCUT2D eigenvalue weighted by molar-refractivity contribution is 1.21. The summed E-state index contributed by atoms with van der Waals surface area (Å²) in [6.07, 6.45) is 2.11. The van der Waals surface area contributed by atoms with Gasteiger partial charge in [0.2, 0.25) is 0 Å². The van der Waals surface area contributed by atoms with Crippen LogP contribution in [0.2, 0.25) is 0 Å². The maximum Gasteiger partial charge on any atom is 0.194 e. The van der Waals surface area contributed by atoms with Gasteiger partial charge in [0.05, 0.1) is 11.4 Å². The van der Waals surface area contributed by atoms with Gasteiger partial charge in [-0.15, -0.1) is 11.3 Å². The van der Waals surface area contributed by atoms with E-state index in [0.717, 1.165) is 21.9 Å². The van der Waals surface area contributed by atoms with Crippen molar-refractivity contribution in [2.24, 2.45) is 0 Å². The van der Waals surface area contributed by atoms with Crippen LogP contribution in [0.3, 0.4) is 0 Å². The number of nitrogens with two attached hydrogens (primary N) is 1. The van der Waals surface area contributed by atoms with Crippen LogP contribution in [0.25, 0.3) is 27.5 Å². The van der Waals surface area contributed by atoms with Crippen molar-refractivity contribution in [3.63, 3.8) is 0 Å². The largest absolute Gasteiger partial charge is 0.399 e. The van der Waals surface area contributed by atoms with E-state index in [0.29, 0.717) is 0 Å². The van der Waals surface area contributed by atoms with Gasteiger partial charge in [0.15, 0.2) is 4.96 Å². The molecule has 4 aromatic rings. The van der Waals surface area contributed by atoms with Gasteiger partial charge >= 0.3 is 0 Å². The van der Waals surface area contributed by atoms with Crippen LogP contribution in [0.5, 0.6) is 0 Å².